The van der Waals surface area contributed by atoms with E-state index in [4.69, 9.17) is 0 Å². The van der Waals surface area contributed by atoms with Crippen molar-refractivity contribution < 1.29 is 4.74 Å². The van der Waals surface area contributed by atoms with Gasteiger partial charge in [0.25, 0.3) is 0 Å². The molecule has 0 aromatic heterocycles. The standard InChI is InChI=1S/C5H11N.C2H6O.C2H6/c1-2-6-4-3-5-6;1-3-2;1-2/h2-5H2,1H3;1-2H3;1-2H3. The van der Waals surface area contributed by atoms with Crippen molar-refractivity contribution in [1.82, 2.24) is 4.90 Å². The lowest BCUT2D eigenvalue weighted by molar-refractivity contribution is 0.192. The van der Waals surface area contributed by atoms with Gasteiger partial charge in [0.05, 0.1) is 0 Å². The van der Waals surface area contributed by atoms with Crippen molar-refractivity contribution in [3.05, 3.63) is 0 Å². The molecule has 1 rings (SSSR count). The van der Waals surface area contributed by atoms with Crippen LogP contribution in [0.4, 0.5) is 0 Å². The van der Waals surface area contributed by atoms with Crippen LogP contribution in [-0.4, -0.2) is 38.8 Å². The van der Waals surface area contributed by atoms with Crippen molar-refractivity contribution in [2.75, 3.05) is 33.9 Å². The fourth-order valence-corrected chi connectivity index (χ4v) is 0.698. The summed E-state index contributed by atoms with van der Waals surface area (Å²) in [6, 6.07) is 0. The average molecular weight is 161 g/mol. The molecule has 2 heteroatoms. The highest BCUT2D eigenvalue weighted by Gasteiger charge is 2.08. The minimum Gasteiger partial charge on any atom is -0.388 e. The minimum atomic E-state index is 1.25. The summed E-state index contributed by atoms with van der Waals surface area (Å²) < 4.78 is 4.25. The summed E-state index contributed by atoms with van der Waals surface area (Å²) in [5.41, 5.74) is 0. The van der Waals surface area contributed by atoms with Gasteiger partial charge in [-0.3, -0.25) is 0 Å². The highest BCUT2D eigenvalue weighted by molar-refractivity contribution is 4.64. The first-order valence-corrected chi connectivity index (χ1v) is 4.47. The zero-order valence-corrected chi connectivity index (χ0v) is 8.68. The van der Waals surface area contributed by atoms with Crippen LogP contribution >= 0.6 is 0 Å². The quantitative estimate of drug-likeness (QED) is 0.583. The van der Waals surface area contributed by atoms with Crippen molar-refractivity contribution >= 4 is 0 Å². The van der Waals surface area contributed by atoms with Gasteiger partial charge in [0.15, 0.2) is 0 Å². The van der Waals surface area contributed by atoms with E-state index in [9.17, 15) is 0 Å². The van der Waals surface area contributed by atoms with E-state index in [0.29, 0.717) is 0 Å². The number of methoxy groups -OCH3 is 1. The maximum Gasteiger partial charge on any atom is 0.0351 e. The first-order valence-electron chi connectivity index (χ1n) is 4.47. The average Bonchev–Trinajstić information content (AvgIpc) is 1.91. The lowest BCUT2D eigenvalue weighted by Gasteiger charge is -2.28. The van der Waals surface area contributed by atoms with Gasteiger partial charge in [-0.05, 0) is 26.1 Å². The lowest BCUT2D eigenvalue weighted by Crippen LogP contribution is -2.36. The molecule has 1 heterocycles. The molecule has 0 aromatic rings. The summed E-state index contributed by atoms with van der Waals surface area (Å²) in [7, 11) is 3.25. The molecular weight excluding hydrogens is 138 g/mol. The van der Waals surface area contributed by atoms with E-state index >= 15 is 0 Å². The second-order valence-corrected chi connectivity index (χ2v) is 2.20. The summed E-state index contributed by atoms with van der Waals surface area (Å²) in [6.07, 6.45) is 1.42. The molecule has 0 aromatic carbocycles. The van der Waals surface area contributed by atoms with Crippen LogP contribution in [0.3, 0.4) is 0 Å². The predicted molar refractivity (Wildman–Crippen MR) is 51.0 cm³/mol. The van der Waals surface area contributed by atoms with Crippen molar-refractivity contribution in [3.8, 4) is 0 Å². The molecule has 0 aliphatic carbocycles. The molecular formula is C9H23NO. The van der Waals surface area contributed by atoms with Crippen LogP contribution in [0.5, 0.6) is 0 Å². The number of hydrogen-bond acceptors (Lipinski definition) is 2. The molecule has 0 unspecified atom stereocenters. The number of rotatable bonds is 1. The smallest absolute Gasteiger partial charge is 0.0351 e. The molecule has 11 heavy (non-hydrogen) atoms. The Hall–Kier alpha value is -0.0800. The van der Waals surface area contributed by atoms with E-state index in [2.05, 4.69) is 16.6 Å². The molecule has 0 atom stereocenters. The summed E-state index contributed by atoms with van der Waals surface area (Å²) in [5.74, 6) is 0. The zero-order chi connectivity index (χ0) is 9.11. The first-order chi connectivity index (χ1) is 5.35. The van der Waals surface area contributed by atoms with Crippen LogP contribution in [0.2, 0.25) is 0 Å². The van der Waals surface area contributed by atoms with E-state index in [1.54, 1.807) is 14.2 Å². The summed E-state index contributed by atoms with van der Waals surface area (Å²) in [6.45, 7) is 10.1. The number of ether oxygens (including phenoxy) is 1. The van der Waals surface area contributed by atoms with Gasteiger partial charge in [-0.25, -0.2) is 0 Å². The van der Waals surface area contributed by atoms with Crippen molar-refractivity contribution in [2.24, 2.45) is 0 Å². The van der Waals surface area contributed by atoms with Crippen LogP contribution < -0.4 is 0 Å². The van der Waals surface area contributed by atoms with Crippen molar-refractivity contribution in [3.63, 3.8) is 0 Å². The van der Waals surface area contributed by atoms with Crippen LogP contribution in [0.1, 0.15) is 27.2 Å². The zero-order valence-electron chi connectivity index (χ0n) is 8.68. The van der Waals surface area contributed by atoms with E-state index in [0.717, 1.165) is 0 Å². The molecule has 70 valence electrons. The van der Waals surface area contributed by atoms with Crippen LogP contribution in [0.25, 0.3) is 0 Å². The van der Waals surface area contributed by atoms with Gasteiger partial charge in [0, 0.05) is 14.2 Å². The molecule has 0 spiro atoms. The molecule has 0 amide bonds. The third-order valence-electron chi connectivity index (χ3n) is 1.40. The summed E-state index contributed by atoms with van der Waals surface area (Å²) >= 11 is 0. The molecule has 2 nitrogen and oxygen atoms in total. The van der Waals surface area contributed by atoms with Gasteiger partial charge in [-0.2, -0.15) is 0 Å². The Labute approximate surface area is 71.5 Å². The third kappa shape index (κ3) is 9.92. The molecule has 0 N–H and O–H groups in total. The largest absolute Gasteiger partial charge is 0.388 e. The maximum absolute atomic E-state index is 4.25. The molecule has 1 aliphatic rings. The Morgan fingerprint density at radius 3 is 1.55 bits per heavy atom. The van der Waals surface area contributed by atoms with Gasteiger partial charge in [-0.1, -0.05) is 20.8 Å². The van der Waals surface area contributed by atoms with Crippen molar-refractivity contribution in [2.45, 2.75) is 27.2 Å². The number of nitrogens with zero attached hydrogens (tertiary/aromatic N) is 1. The van der Waals surface area contributed by atoms with Gasteiger partial charge in [-0.15, -0.1) is 0 Å². The molecule has 0 bridgehead atoms. The monoisotopic (exact) mass is 161 g/mol. The van der Waals surface area contributed by atoms with Crippen LogP contribution in [0, 0.1) is 0 Å². The Morgan fingerprint density at radius 2 is 1.55 bits per heavy atom. The second-order valence-electron chi connectivity index (χ2n) is 2.20. The SMILES string of the molecule is CC.CCN1CCC1.COC. The topological polar surface area (TPSA) is 12.5 Å². The lowest BCUT2D eigenvalue weighted by atomic mass is 10.2. The van der Waals surface area contributed by atoms with E-state index in [-0.39, 0.29) is 0 Å². The fourth-order valence-electron chi connectivity index (χ4n) is 0.698. The molecule has 1 aliphatic heterocycles. The first kappa shape index (κ1) is 13.5. The summed E-state index contributed by atoms with van der Waals surface area (Å²) in [5, 5.41) is 0. The van der Waals surface area contributed by atoms with Gasteiger partial charge in [0.1, 0.15) is 0 Å². The fraction of sp³-hybridized carbons (Fsp3) is 1.00. The summed E-state index contributed by atoms with van der Waals surface area (Å²) in [4.78, 5) is 2.43. The van der Waals surface area contributed by atoms with Gasteiger partial charge >= 0.3 is 0 Å². The van der Waals surface area contributed by atoms with E-state index < -0.39 is 0 Å². The van der Waals surface area contributed by atoms with Crippen LogP contribution in [-0.2, 0) is 4.74 Å². The highest BCUT2D eigenvalue weighted by atomic mass is 16.4. The van der Waals surface area contributed by atoms with E-state index in [1.165, 1.54) is 26.1 Å². The highest BCUT2D eigenvalue weighted by Crippen LogP contribution is 2.02. The Morgan fingerprint density at radius 1 is 1.18 bits per heavy atom. The minimum absolute atomic E-state index is 1.25. The Bertz CT molecular complexity index is 50.8. The van der Waals surface area contributed by atoms with Crippen LogP contribution in [0.15, 0.2) is 0 Å². The Kier molecular flexibility index (Phi) is 15.4. The van der Waals surface area contributed by atoms with Gasteiger partial charge < -0.3 is 9.64 Å². The van der Waals surface area contributed by atoms with Crippen molar-refractivity contribution in [1.29, 1.82) is 0 Å². The predicted octanol–water partition coefficient (Wildman–Crippen LogP) is 2.00. The number of likely N-dealkylation sites (tertiary alicyclic amines) is 1. The van der Waals surface area contributed by atoms with Gasteiger partial charge in [0.2, 0.25) is 0 Å². The molecule has 1 fully saturated rings. The Balaban J connectivity index is 0. The third-order valence-corrected chi connectivity index (χ3v) is 1.40. The normalized spacial score (nSPS) is 15.0. The van der Waals surface area contributed by atoms with E-state index in [1.807, 2.05) is 13.8 Å². The molecule has 1 saturated heterocycles. The number of hydrogen-bond donors (Lipinski definition) is 0. The molecule has 0 radical (unpaired) electrons. The second kappa shape index (κ2) is 12.6. The molecule has 0 saturated carbocycles. The maximum atomic E-state index is 4.25.